The van der Waals surface area contributed by atoms with Gasteiger partial charge in [0.2, 0.25) is 0 Å². The van der Waals surface area contributed by atoms with Crippen LogP contribution in [0.25, 0.3) is 5.76 Å². The minimum atomic E-state index is -0.670. The molecule has 0 aromatic heterocycles. The molecule has 162 valence electrons. The van der Waals surface area contributed by atoms with Gasteiger partial charge in [-0.3, -0.25) is 14.5 Å². The van der Waals surface area contributed by atoms with Gasteiger partial charge < -0.3 is 19.5 Å². The van der Waals surface area contributed by atoms with Gasteiger partial charge in [0.1, 0.15) is 11.5 Å². The van der Waals surface area contributed by atoms with Crippen LogP contribution in [0, 0.1) is 0 Å². The van der Waals surface area contributed by atoms with E-state index in [4.69, 9.17) is 9.47 Å². The predicted octanol–water partition coefficient (Wildman–Crippen LogP) is 2.45. The first-order chi connectivity index (χ1) is 15.1. The molecule has 2 aliphatic rings. The van der Waals surface area contributed by atoms with Crippen LogP contribution in [-0.4, -0.2) is 73.1 Å². The highest BCUT2D eigenvalue weighted by Crippen LogP contribution is 2.39. The Morgan fingerprint density at radius 2 is 1.81 bits per heavy atom. The lowest BCUT2D eigenvalue weighted by molar-refractivity contribution is -0.140. The first-order valence-electron chi connectivity index (χ1n) is 10.4. The summed E-state index contributed by atoms with van der Waals surface area (Å²) in [4.78, 5) is 29.8. The third-order valence-electron chi connectivity index (χ3n) is 5.76. The molecule has 0 saturated carbocycles. The number of carbonyl (C=O) groups is 2. The van der Waals surface area contributed by atoms with Crippen LogP contribution in [0.3, 0.4) is 0 Å². The Labute approximate surface area is 181 Å². The number of Topliss-reactive ketones (excluding diaryl/α,β-unsaturated/α-hetero) is 1. The lowest BCUT2D eigenvalue weighted by atomic mass is 9.95. The topological polar surface area (TPSA) is 79.3 Å². The Kier molecular flexibility index (Phi) is 6.34. The zero-order valence-corrected chi connectivity index (χ0v) is 17.5. The minimum Gasteiger partial charge on any atom is -0.507 e. The van der Waals surface area contributed by atoms with Crippen LogP contribution in [0.1, 0.15) is 17.2 Å². The lowest BCUT2D eigenvalue weighted by Crippen LogP contribution is -2.42. The number of carbonyl (C=O) groups excluding carboxylic acids is 2. The normalized spacial score (nSPS) is 21.5. The van der Waals surface area contributed by atoms with Crippen LogP contribution >= 0.6 is 0 Å². The van der Waals surface area contributed by atoms with Crippen LogP contribution in [0.2, 0.25) is 0 Å². The molecule has 2 aromatic carbocycles. The maximum Gasteiger partial charge on any atom is 0.295 e. The molecule has 1 atom stereocenters. The number of ketones is 1. The highest BCUT2D eigenvalue weighted by atomic mass is 16.5. The summed E-state index contributed by atoms with van der Waals surface area (Å²) in [5.74, 6) is -0.899. The van der Waals surface area contributed by atoms with Crippen molar-refractivity contribution in [3.05, 3.63) is 71.3 Å². The number of amides is 1. The summed E-state index contributed by atoms with van der Waals surface area (Å²) < 4.78 is 10.6. The Morgan fingerprint density at radius 3 is 2.52 bits per heavy atom. The molecule has 2 heterocycles. The molecule has 2 fully saturated rings. The number of aliphatic hydroxyl groups excluding tert-OH is 1. The molecular formula is C24H26N2O5. The van der Waals surface area contributed by atoms with E-state index >= 15 is 0 Å². The number of morpholine rings is 1. The van der Waals surface area contributed by atoms with Crippen molar-refractivity contribution < 1.29 is 24.2 Å². The zero-order valence-electron chi connectivity index (χ0n) is 17.5. The Bertz CT molecular complexity index is 982. The van der Waals surface area contributed by atoms with Gasteiger partial charge in [-0.05, 0) is 17.7 Å². The van der Waals surface area contributed by atoms with Crippen LogP contribution in [-0.2, 0) is 14.3 Å². The van der Waals surface area contributed by atoms with E-state index in [1.54, 1.807) is 29.2 Å². The number of aliphatic hydroxyl groups is 1. The molecule has 31 heavy (non-hydrogen) atoms. The van der Waals surface area contributed by atoms with Crippen molar-refractivity contribution in [2.24, 2.45) is 0 Å². The fourth-order valence-corrected chi connectivity index (χ4v) is 4.09. The number of hydrogen-bond donors (Lipinski definition) is 1. The molecule has 2 aromatic rings. The van der Waals surface area contributed by atoms with Gasteiger partial charge in [-0.15, -0.1) is 0 Å². The second-order valence-corrected chi connectivity index (χ2v) is 7.59. The molecule has 0 radical (unpaired) electrons. The van der Waals surface area contributed by atoms with Gasteiger partial charge in [0, 0.05) is 31.7 Å². The molecule has 1 amide bonds. The van der Waals surface area contributed by atoms with Crippen LogP contribution in [0.4, 0.5) is 0 Å². The van der Waals surface area contributed by atoms with E-state index in [0.29, 0.717) is 37.6 Å². The maximum absolute atomic E-state index is 13.0. The number of likely N-dealkylation sites (tertiary alicyclic amines) is 1. The van der Waals surface area contributed by atoms with Gasteiger partial charge >= 0.3 is 0 Å². The first kappa shape index (κ1) is 21.1. The molecular weight excluding hydrogens is 396 g/mol. The number of rotatable bonds is 6. The standard InChI is InChI=1S/C24H26N2O5/c1-30-19-9-5-8-18(16-19)22(27)20-21(17-6-3-2-4-7-17)26(24(29)23(20)28)11-10-25-12-14-31-15-13-25/h2-9,16,21,27H,10-15H2,1H3/b22-20+. The highest BCUT2D eigenvalue weighted by Gasteiger charge is 2.46. The van der Waals surface area contributed by atoms with E-state index in [2.05, 4.69) is 4.90 Å². The van der Waals surface area contributed by atoms with Crippen molar-refractivity contribution in [3.63, 3.8) is 0 Å². The summed E-state index contributed by atoms with van der Waals surface area (Å²) in [6.45, 7) is 3.94. The van der Waals surface area contributed by atoms with Gasteiger partial charge in [-0.25, -0.2) is 0 Å². The van der Waals surface area contributed by atoms with E-state index in [1.165, 1.54) is 7.11 Å². The number of hydrogen-bond acceptors (Lipinski definition) is 6. The Hall–Kier alpha value is -3.16. The zero-order chi connectivity index (χ0) is 21.8. The summed E-state index contributed by atoms with van der Waals surface area (Å²) in [6, 6.07) is 15.5. The third-order valence-corrected chi connectivity index (χ3v) is 5.76. The molecule has 2 aliphatic heterocycles. The molecule has 7 heteroatoms. The van der Waals surface area contributed by atoms with Gasteiger partial charge in [-0.1, -0.05) is 42.5 Å². The van der Waals surface area contributed by atoms with Gasteiger partial charge in [-0.2, -0.15) is 0 Å². The van der Waals surface area contributed by atoms with E-state index in [1.807, 2.05) is 30.3 Å². The fraction of sp³-hybridized carbons (Fsp3) is 0.333. The van der Waals surface area contributed by atoms with Crippen molar-refractivity contribution >= 4 is 17.4 Å². The molecule has 2 saturated heterocycles. The van der Waals surface area contributed by atoms with Crippen molar-refractivity contribution in [3.8, 4) is 5.75 Å². The molecule has 0 bridgehead atoms. The minimum absolute atomic E-state index is 0.103. The second-order valence-electron chi connectivity index (χ2n) is 7.59. The van der Waals surface area contributed by atoms with Crippen molar-refractivity contribution in [2.75, 3.05) is 46.5 Å². The van der Waals surface area contributed by atoms with E-state index < -0.39 is 17.7 Å². The highest BCUT2D eigenvalue weighted by molar-refractivity contribution is 6.46. The van der Waals surface area contributed by atoms with Gasteiger partial charge in [0.05, 0.1) is 31.9 Å². The molecule has 1 N–H and O–H groups in total. The number of nitrogens with zero attached hydrogens (tertiary/aromatic N) is 2. The number of methoxy groups -OCH3 is 1. The second kappa shape index (κ2) is 9.32. The predicted molar refractivity (Wildman–Crippen MR) is 116 cm³/mol. The van der Waals surface area contributed by atoms with Crippen LogP contribution in [0.5, 0.6) is 5.75 Å². The molecule has 4 rings (SSSR count). The molecule has 0 spiro atoms. The molecule has 1 unspecified atom stereocenters. The number of benzene rings is 2. The van der Waals surface area contributed by atoms with E-state index in [9.17, 15) is 14.7 Å². The Morgan fingerprint density at radius 1 is 1.06 bits per heavy atom. The SMILES string of the molecule is COc1cccc(/C(O)=C2\C(=O)C(=O)N(CCN3CCOCC3)C2c2ccccc2)c1. The number of ether oxygens (including phenoxy) is 2. The average molecular weight is 422 g/mol. The van der Waals surface area contributed by atoms with E-state index in [-0.39, 0.29) is 11.3 Å². The molecule has 0 aliphatic carbocycles. The van der Waals surface area contributed by atoms with E-state index in [0.717, 1.165) is 18.7 Å². The molecule has 7 nitrogen and oxygen atoms in total. The van der Waals surface area contributed by atoms with Gasteiger partial charge in [0.25, 0.3) is 11.7 Å². The summed E-state index contributed by atoms with van der Waals surface area (Å²) in [6.07, 6.45) is 0. The average Bonchev–Trinajstić information content (AvgIpc) is 3.08. The summed E-state index contributed by atoms with van der Waals surface area (Å²) in [5, 5.41) is 11.1. The maximum atomic E-state index is 13.0. The Balaban J connectivity index is 1.72. The monoisotopic (exact) mass is 422 g/mol. The van der Waals surface area contributed by atoms with Crippen molar-refractivity contribution in [2.45, 2.75) is 6.04 Å². The first-order valence-corrected chi connectivity index (χ1v) is 10.4. The van der Waals surface area contributed by atoms with Gasteiger partial charge in [0.15, 0.2) is 0 Å². The van der Waals surface area contributed by atoms with Crippen LogP contribution < -0.4 is 4.74 Å². The summed E-state index contributed by atoms with van der Waals surface area (Å²) in [7, 11) is 1.54. The van der Waals surface area contributed by atoms with Crippen molar-refractivity contribution in [1.82, 2.24) is 9.80 Å². The largest absolute Gasteiger partial charge is 0.507 e. The summed E-state index contributed by atoms with van der Waals surface area (Å²) >= 11 is 0. The third kappa shape index (κ3) is 4.33. The summed E-state index contributed by atoms with van der Waals surface area (Å²) in [5.41, 5.74) is 1.33. The van der Waals surface area contributed by atoms with Crippen LogP contribution in [0.15, 0.2) is 60.2 Å². The fourth-order valence-electron chi connectivity index (χ4n) is 4.09. The smallest absolute Gasteiger partial charge is 0.295 e. The van der Waals surface area contributed by atoms with Crippen molar-refractivity contribution in [1.29, 1.82) is 0 Å². The lowest BCUT2D eigenvalue weighted by Gasteiger charge is -2.31. The quantitative estimate of drug-likeness (QED) is 0.438.